The van der Waals surface area contributed by atoms with Crippen LogP contribution in [0.25, 0.3) is 0 Å². The van der Waals surface area contributed by atoms with Gasteiger partial charge in [-0.2, -0.15) is 5.10 Å². The van der Waals surface area contributed by atoms with E-state index in [4.69, 9.17) is 11.6 Å². The molecule has 2 rings (SSSR count). The van der Waals surface area contributed by atoms with Gasteiger partial charge in [0.2, 0.25) is 0 Å². The van der Waals surface area contributed by atoms with Gasteiger partial charge >= 0.3 is 0 Å². The first kappa shape index (κ1) is 15.0. The largest absolute Gasteiger partial charge is 0.306 e. The van der Waals surface area contributed by atoms with Crippen LogP contribution in [0.1, 0.15) is 31.3 Å². The molecule has 0 aliphatic rings. The Morgan fingerprint density at radius 1 is 1.25 bits per heavy atom. The van der Waals surface area contributed by atoms with E-state index in [0.717, 1.165) is 12.2 Å². The van der Waals surface area contributed by atoms with Crippen molar-refractivity contribution in [2.75, 3.05) is 5.88 Å². The molecular weight excluding hydrogens is 272 g/mol. The standard InChI is InChI=1S/C15H21ClN4/c1-12(2)20-15(18-11-19-20)10-17-14(9-16)8-13-6-4-3-5-7-13/h3-7,11-12,14,17H,8-10H2,1-2H3. The van der Waals surface area contributed by atoms with E-state index >= 15 is 0 Å². The fourth-order valence-corrected chi connectivity index (χ4v) is 2.37. The third kappa shape index (κ3) is 4.05. The monoisotopic (exact) mass is 292 g/mol. The normalized spacial score (nSPS) is 12.8. The summed E-state index contributed by atoms with van der Waals surface area (Å²) >= 11 is 6.05. The number of rotatable bonds is 7. The van der Waals surface area contributed by atoms with E-state index in [-0.39, 0.29) is 6.04 Å². The Bertz CT molecular complexity index is 510. The fourth-order valence-electron chi connectivity index (χ4n) is 2.15. The van der Waals surface area contributed by atoms with Crippen molar-refractivity contribution in [1.29, 1.82) is 0 Å². The molecule has 0 spiro atoms. The fraction of sp³-hybridized carbons (Fsp3) is 0.467. The number of halogens is 1. The lowest BCUT2D eigenvalue weighted by Gasteiger charge is -2.17. The molecule has 108 valence electrons. The second-order valence-electron chi connectivity index (χ2n) is 5.14. The maximum atomic E-state index is 6.05. The Hall–Kier alpha value is -1.39. The van der Waals surface area contributed by atoms with Gasteiger partial charge in [-0.1, -0.05) is 30.3 Å². The molecule has 1 N–H and O–H groups in total. The van der Waals surface area contributed by atoms with E-state index in [0.29, 0.717) is 18.5 Å². The first-order chi connectivity index (χ1) is 9.70. The van der Waals surface area contributed by atoms with Gasteiger partial charge in [-0.15, -0.1) is 11.6 Å². The molecule has 0 fully saturated rings. The number of nitrogens with one attached hydrogen (secondary N) is 1. The second-order valence-corrected chi connectivity index (χ2v) is 5.45. The van der Waals surface area contributed by atoms with Crippen molar-refractivity contribution in [3.63, 3.8) is 0 Å². The summed E-state index contributed by atoms with van der Waals surface area (Å²) in [5, 5.41) is 7.70. The van der Waals surface area contributed by atoms with Crippen molar-refractivity contribution < 1.29 is 0 Å². The quantitative estimate of drug-likeness (QED) is 0.798. The predicted octanol–water partition coefficient (Wildman–Crippen LogP) is 2.80. The molecule has 20 heavy (non-hydrogen) atoms. The smallest absolute Gasteiger partial charge is 0.141 e. The van der Waals surface area contributed by atoms with Gasteiger partial charge in [0.25, 0.3) is 0 Å². The van der Waals surface area contributed by atoms with Crippen LogP contribution in [0, 0.1) is 0 Å². The maximum Gasteiger partial charge on any atom is 0.141 e. The van der Waals surface area contributed by atoms with Crippen LogP contribution < -0.4 is 5.32 Å². The minimum Gasteiger partial charge on any atom is -0.306 e. The highest BCUT2D eigenvalue weighted by Crippen LogP contribution is 2.07. The van der Waals surface area contributed by atoms with Crippen LogP contribution in [-0.2, 0) is 13.0 Å². The summed E-state index contributed by atoms with van der Waals surface area (Å²) in [5.74, 6) is 1.52. The van der Waals surface area contributed by atoms with Gasteiger partial charge in [-0.05, 0) is 25.8 Å². The summed E-state index contributed by atoms with van der Waals surface area (Å²) in [5.41, 5.74) is 1.29. The van der Waals surface area contributed by atoms with Crippen LogP contribution in [0.4, 0.5) is 0 Å². The van der Waals surface area contributed by atoms with Crippen LogP contribution in [0.3, 0.4) is 0 Å². The van der Waals surface area contributed by atoms with Crippen molar-refractivity contribution >= 4 is 11.6 Å². The highest BCUT2D eigenvalue weighted by molar-refractivity contribution is 6.18. The second kappa shape index (κ2) is 7.41. The minimum absolute atomic E-state index is 0.233. The van der Waals surface area contributed by atoms with Crippen LogP contribution >= 0.6 is 11.6 Å². The Morgan fingerprint density at radius 2 is 2.00 bits per heavy atom. The van der Waals surface area contributed by atoms with Crippen molar-refractivity contribution in [1.82, 2.24) is 20.1 Å². The number of alkyl halides is 1. The zero-order valence-corrected chi connectivity index (χ0v) is 12.7. The van der Waals surface area contributed by atoms with Crippen LogP contribution in [-0.4, -0.2) is 26.7 Å². The predicted molar refractivity (Wildman–Crippen MR) is 81.9 cm³/mol. The van der Waals surface area contributed by atoms with Crippen molar-refractivity contribution in [3.05, 3.63) is 48.0 Å². The molecule has 0 aliphatic carbocycles. The molecule has 0 saturated heterocycles. The average molecular weight is 293 g/mol. The summed E-state index contributed by atoms with van der Waals surface area (Å²) in [6.45, 7) is 4.88. The molecule has 1 atom stereocenters. The van der Waals surface area contributed by atoms with Gasteiger partial charge in [0.15, 0.2) is 0 Å². The van der Waals surface area contributed by atoms with Crippen molar-refractivity contribution in [2.45, 2.75) is 38.9 Å². The Morgan fingerprint density at radius 3 is 2.65 bits per heavy atom. The molecule has 4 nitrogen and oxygen atoms in total. The SMILES string of the molecule is CC(C)n1ncnc1CNC(CCl)Cc1ccccc1. The Labute approximate surface area is 125 Å². The molecule has 0 aliphatic heterocycles. The summed E-state index contributed by atoms with van der Waals surface area (Å²) in [6.07, 6.45) is 2.52. The van der Waals surface area contributed by atoms with Gasteiger partial charge in [-0.25, -0.2) is 9.67 Å². The van der Waals surface area contributed by atoms with Gasteiger partial charge in [0, 0.05) is 18.0 Å². The number of hydrogen-bond acceptors (Lipinski definition) is 3. The summed E-state index contributed by atoms with van der Waals surface area (Å²) in [7, 11) is 0. The maximum absolute atomic E-state index is 6.05. The van der Waals surface area contributed by atoms with Crippen LogP contribution in [0.2, 0.25) is 0 Å². The number of nitrogens with zero attached hydrogens (tertiary/aromatic N) is 3. The first-order valence-corrected chi connectivity index (χ1v) is 7.45. The highest BCUT2D eigenvalue weighted by Gasteiger charge is 2.11. The molecule has 5 heteroatoms. The van der Waals surface area contributed by atoms with Gasteiger partial charge in [-0.3, -0.25) is 0 Å². The lowest BCUT2D eigenvalue weighted by molar-refractivity contribution is 0.469. The molecular formula is C15H21ClN4. The average Bonchev–Trinajstić information content (AvgIpc) is 2.93. The van der Waals surface area contributed by atoms with Gasteiger partial charge < -0.3 is 5.32 Å². The third-order valence-corrected chi connectivity index (χ3v) is 3.57. The molecule has 1 heterocycles. The summed E-state index contributed by atoms with van der Waals surface area (Å²) in [4.78, 5) is 4.30. The number of benzene rings is 1. The third-order valence-electron chi connectivity index (χ3n) is 3.20. The van der Waals surface area contributed by atoms with Crippen LogP contribution in [0.15, 0.2) is 36.7 Å². The molecule has 0 radical (unpaired) electrons. The first-order valence-electron chi connectivity index (χ1n) is 6.92. The van der Waals surface area contributed by atoms with E-state index in [1.54, 1.807) is 6.33 Å². The van der Waals surface area contributed by atoms with Crippen LogP contribution in [0.5, 0.6) is 0 Å². The van der Waals surface area contributed by atoms with Gasteiger partial charge in [0.05, 0.1) is 6.54 Å². The molecule has 1 aromatic carbocycles. The molecule has 0 saturated carbocycles. The lowest BCUT2D eigenvalue weighted by atomic mass is 10.1. The highest BCUT2D eigenvalue weighted by atomic mass is 35.5. The van der Waals surface area contributed by atoms with Crippen molar-refractivity contribution in [2.24, 2.45) is 0 Å². The van der Waals surface area contributed by atoms with E-state index in [9.17, 15) is 0 Å². The Balaban J connectivity index is 1.92. The topological polar surface area (TPSA) is 42.7 Å². The molecule has 0 bridgehead atoms. The van der Waals surface area contributed by atoms with E-state index in [2.05, 4.69) is 53.5 Å². The number of hydrogen-bond donors (Lipinski definition) is 1. The molecule has 2 aromatic rings. The Kier molecular flexibility index (Phi) is 5.56. The van der Waals surface area contributed by atoms with Crippen molar-refractivity contribution in [3.8, 4) is 0 Å². The number of aromatic nitrogens is 3. The lowest BCUT2D eigenvalue weighted by Crippen LogP contribution is -2.33. The van der Waals surface area contributed by atoms with E-state index in [1.807, 2.05) is 10.7 Å². The summed E-state index contributed by atoms with van der Waals surface area (Å²) in [6, 6.07) is 10.9. The minimum atomic E-state index is 0.233. The molecule has 1 aromatic heterocycles. The molecule has 1 unspecified atom stereocenters. The molecule has 0 amide bonds. The van der Waals surface area contributed by atoms with Gasteiger partial charge in [0.1, 0.15) is 12.2 Å². The zero-order valence-electron chi connectivity index (χ0n) is 12.0. The van der Waals surface area contributed by atoms with E-state index < -0.39 is 0 Å². The van der Waals surface area contributed by atoms with E-state index in [1.165, 1.54) is 5.56 Å². The zero-order chi connectivity index (χ0) is 14.4. The summed E-state index contributed by atoms with van der Waals surface area (Å²) < 4.78 is 1.93.